The minimum atomic E-state index is 0.756. The minimum Gasteiger partial charge on any atom is -0.317 e. The largest absolute Gasteiger partial charge is 0.317 e. The van der Waals surface area contributed by atoms with Gasteiger partial charge in [-0.2, -0.15) is 0 Å². The summed E-state index contributed by atoms with van der Waals surface area (Å²) in [5.41, 5.74) is 3.29. The smallest absolute Gasteiger partial charge is 0.00925 e. The monoisotopic (exact) mass is 271 g/mol. The lowest BCUT2D eigenvalue weighted by molar-refractivity contribution is 0.300. The van der Waals surface area contributed by atoms with Crippen LogP contribution < -0.4 is 5.32 Å². The second-order valence-electron chi connectivity index (χ2n) is 6.82. The van der Waals surface area contributed by atoms with E-state index in [0.29, 0.717) is 0 Å². The van der Waals surface area contributed by atoms with Crippen LogP contribution in [0.1, 0.15) is 68.4 Å². The molecule has 0 heterocycles. The first-order chi connectivity index (χ1) is 9.88. The summed E-state index contributed by atoms with van der Waals surface area (Å²) >= 11 is 0. The first-order valence-corrected chi connectivity index (χ1v) is 8.63. The molecule has 0 bridgehead atoms. The average molecular weight is 271 g/mol. The molecule has 2 aliphatic rings. The van der Waals surface area contributed by atoms with Crippen molar-refractivity contribution in [1.82, 2.24) is 5.32 Å². The van der Waals surface area contributed by atoms with E-state index in [4.69, 9.17) is 0 Å². The van der Waals surface area contributed by atoms with Gasteiger partial charge in [-0.1, -0.05) is 43.5 Å². The van der Waals surface area contributed by atoms with Crippen LogP contribution in [-0.2, 0) is 6.42 Å². The summed E-state index contributed by atoms with van der Waals surface area (Å²) in [4.78, 5) is 0. The molecular formula is C19H29N. The summed E-state index contributed by atoms with van der Waals surface area (Å²) in [6.45, 7) is 0. The minimum absolute atomic E-state index is 0.756. The summed E-state index contributed by atoms with van der Waals surface area (Å²) in [5.74, 6) is 1.71. The molecule has 3 atom stereocenters. The van der Waals surface area contributed by atoms with Gasteiger partial charge in [0.05, 0.1) is 0 Å². The van der Waals surface area contributed by atoms with E-state index in [9.17, 15) is 0 Å². The second-order valence-corrected chi connectivity index (χ2v) is 6.82. The summed E-state index contributed by atoms with van der Waals surface area (Å²) in [7, 11) is 2.16. The lowest BCUT2D eigenvalue weighted by atomic mass is 9.76. The van der Waals surface area contributed by atoms with Crippen LogP contribution in [0.2, 0.25) is 0 Å². The van der Waals surface area contributed by atoms with Crippen LogP contribution in [0, 0.1) is 5.92 Å². The predicted octanol–water partition coefficient (Wildman–Crippen LogP) is 4.66. The van der Waals surface area contributed by atoms with E-state index >= 15 is 0 Å². The second kappa shape index (κ2) is 6.76. The molecule has 1 N–H and O–H groups in total. The van der Waals surface area contributed by atoms with Crippen LogP contribution in [0.3, 0.4) is 0 Å². The molecule has 20 heavy (non-hydrogen) atoms. The summed E-state index contributed by atoms with van der Waals surface area (Å²) in [6.07, 6.45) is 12.6. The Morgan fingerprint density at radius 1 is 1.00 bits per heavy atom. The molecule has 0 amide bonds. The van der Waals surface area contributed by atoms with Gasteiger partial charge in [-0.05, 0) is 68.5 Å². The molecule has 3 rings (SSSR count). The van der Waals surface area contributed by atoms with Crippen LogP contribution in [0.15, 0.2) is 24.3 Å². The SMILES string of the molecule is CNC1CCCCCC1CC1CCCc2ccccc21. The van der Waals surface area contributed by atoms with Gasteiger partial charge in [0.15, 0.2) is 0 Å². The Hall–Kier alpha value is -0.820. The third-order valence-corrected chi connectivity index (χ3v) is 5.61. The fourth-order valence-corrected chi connectivity index (χ4v) is 4.51. The van der Waals surface area contributed by atoms with Crippen molar-refractivity contribution in [3.8, 4) is 0 Å². The standard InChI is InChI=1S/C19H29N/c1-20-19-13-4-2-3-9-17(19)14-16-11-7-10-15-8-5-6-12-18(15)16/h5-6,8,12,16-17,19-20H,2-4,7,9-11,13-14H2,1H3. The highest BCUT2D eigenvalue weighted by molar-refractivity contribution is 5.32. The molecule has 1 aromatic carbocycles. The maximum atomic E-state index is 3.61. The Bertz CT molecular complexity index is 426. The topological polar surface area (TPSA) is 12.0 Å². The molecular weight excluding hydrogens is 242 g/mol. The van der Waals surface area contributed by atoms with Crippen LogP contribution in [0.5, 0.6) is 0 Å². The molecule has 0 radical (unpaired) electrons. The van der Waals surface area contributed by atoms with Crippen molar-refractivity contribution in [2.24, 2.45) is 5.92 Å². The molecule has 3 unspecified atom stereocenters. The quantitative estimate of drug-likeness (QED) is 0.788. The third kappa shape index (κ3) is 3.09. The van der Waals surface area contributed by atoms with Crippen molar-refractivity contribution < 1.29 is 0 Å². The van der Waals surface area contributed by atoms with E-state index in [2.05, 4.69) is 36.6 Å². The Balaban J connectivity index is 1.73. The number of hydrogen-bond acceptors (Lipinski definition) is 1. The van der Waals surface area contributed by atoms with Crippen molar-refractivity contribution in [3.63, 3.8) is 0 Å². The third-order valence-electron chi connectivity index (χ3n) is 5.61. The van der Waals surface area contributed by atoms with Gasteiger partial charge in [-0.3, -0.25) is 0 Å². The average Bonchev–Trinajstić information content (AvgIpc) is 2.72. The zero-order valence-electron chi connectivity index (χ0n) is 12.9. The van der Waals surface area contributed by atoms with Gasteiger partial charge in [0.25, 0.3) is 0 Å². The number of aryl methyl sites for hydroxylation is 1. The highest BCUT2D eigenvalue weighted by atomic mass is 14.9. The molecule has 0 spiro atoms. The van der Waals surface area contributed by atoms with Crippen LogP contribution >= 0.6 is 0 Å². The molecule has 1 fully saturated rings. The molecule has 2 aliphatic carbocycles. The maximum Gasteiger partial charge on any atom is 0.00925 e. The highest BCUT2D eigenvalue weighted by Crippen LogP contribution is 2.39. The zero-order chi connectivity index (χ0) is 13.8. The van der Waals surface area contributed by atoms with E-state index < -0.39 is 0 Å². The first-order valence-electron chi connectivity index (χ1n) is 8.63. The van der Waals surface area contributed by atoms with Gasteiger partial charge in [0.2, 0.25) is 0 Å². The fourth-order valence-electron chi connectivity index (χ4n) is 4.51. The number of hydrogen-bond donors (Lipinski definition) is 1. The van der Waals surface area contributed by atoms with Gasteiger partial charge < -0.3 is 5.32 Å². The number of nitrogens with one attached hydrogen (secondary N) is 1. The Kier molecular flexibility index (Phi) is 4.77. The number of fused-ring (bicyclic) bond motifs is 1. The van der Waals surface area contributed by atoms with E-state index in [1.807, 2.05) is 0 Å². The van der Waals surface area contributed by atoms with Crippen LogP contribution in [0.25, 0.3) is 0 Å². The molecule has 0 aromatic heterocycles. The van der Waals surface area contributed by atoms with Crippen molar-refractivity contribution >= 4 is 0 Å². The molecule has 0 aliphatic heterocycles. The van der Waals surface area contributed by atoms with E-state index in [-0.39, 0.29) is 0 Å². The molecule has 1 aromatic rings. The van der Waals surface area contributed by atoms with E-state index in [1.165, 1.54) is 57.8 Å². The van der Waals surface area contributed by atoms with Gasteiger partial charge in [-0.25, -0.2) is 0 Å². The maximum absolute atomic E-state index is 3.61. The zero-order valence-corrected chi connectivity index (χ0v) is 12.9. The Labute approximate surface area is 124 Å². The van der Waals surface area contributed by atoms with Gasteiger partial charge >= 0.3 is 0 Å². The Morgan fingerprint density at radius 3 is 2.75 bits per heavy atom. The van der Waals surface area contributed by atoms with Crippen molar-refractivity contribution in [2.75, 3.05) is 7.05 Å². The van der Waals surface area contributed by atoms with E-state index in [0.717, 1.165) is 17.9 Å². The number of rotatable bonds is 3. The lowest BCUT2D eigenvalue weighted by Crippen LogP contribution is -2.34. The normalized spacial score (nSPS) is 30.6. The van der Waals surface area contributed by atoms with Crippen molar-refractivity contribution in [3.05, 3.63) is 35.4 Å². The molecule has 1 saturated carbocycles. The van der Waals surface area contributed by atoms with Gasteiger partial charge in [0.1, 0.15) is 0 Å². The van der Waals surface area contributed by atoms with Crippen molar-refractivity contribution in [1.29, 1.82) is 0 Å². The highest BCUT2D eigenvalue weighted by Gasteiger charge is 2.28. The Morgan fingerprint density at radius 2 is 1.85 bits per heavy atom. The van der Waals surface area contributed by atoms with Crippen LogP contribution in [0.4, 0.5) is 0 Å². The molecule has 1 nitrogen and oxygen atoms in total. The van der Waals surface area contributed by atoms with Crippen molar-refractivity contribution in [2.45, 2.75) is 69.7 Å². The first kappa shape index (κ1) is 14.1. The summed E-state index contributed by atoms with van der Waals surface area (Å²) < 4.78 is 0. The fraction of sp³-hybridized carbons (Fsp3) is 0.684. The summed E-state index contributed by atoms with van der Waals surface area (Å²) in [6, 6.07) is 9.95. The molecule has 1 heteroatoms. The predicted molar refractivity (Wildman–Crippen MR) is 86.2 cm³/mol. The lowest BCUT2D eigenvalue weighted by Gasteiger charge is -2.32. The molecule has 0 saturated heterocycles. The molecule has 110 valence electrons. The summed E-state index contributed by atoms with van der Waals surface area (Å²) in [5, 5.41) is 3.61. The van der Waals surface area contributed by atoms with E-state index in [1.54, 1.807) is 11.1 Å². The number of benzene rings is 1. The van der Waals surface area contributed by atoms with Gasteiger partial charge in [0, 0.05) is 6.04 Å². The van der Waals surface area contributed by atoms with Gasteiger partial charge in [-0.15, -0.1) is 0 Å². The van der Waals surface area contributed by atoms with Crippen LogP contribution in [-0.4, -0.2) is 13.1 Å².